The van der Waals surface area contributed by atoms with Crippen LogP contribution in [0.2, 0.25) is 0 Å². The van der Waals surface area contributed by atoms with Gasteiger partial charge in [-0.05, 0) is 91.2 Å². The van der Waals surface area contributed by atoms with Crippen molar-refractivity contribution >= 4 is 5.97 Å². The number of ether oxygens (including phenoxy) is 8. The molecule has 1 atom stereocenters. The molecule has 0 saturated carbocycles. The molecule has 0 amide bonds. The SMILES string of the molecule is COc1ccc(C[C@@H]2c3cc(OC)c(OC)cc3CCN2CCCCCCCCCCCOC(=O)CCN2CCc3cc(OC)c(OC)c(OC)c3C2)cc1OC. The number of carbonyl (C=O) groups is 1. The van der Waals surface area contributed by atoms with Crippen LogP contribution in [0.4, 0.5) is 0 Å². The zero-order chi connectivity index (χ0) is 40.6. The summed E-state index contributed by atoms with van der Waals surface area (Å²) in [6, 6.07) is 12.9. The Bertz CT molecular complexity index is 1730. The Labute approximate surface area is 340 Å². The number of hydrogen-bond donors (Lipinski definition) is 0. The number of hydrogen-bond acceptors (Lipinski definition) is 11. The van der Waals surface area contributed by atoms with Crippen LogP contribution in [0.1, 0.15) is 98.1 Å². The van der Waals surface area contributed by atoms with Crippen molar-refractivity contribution in [3.63, 3.8) is 0 Å². The van der Waals surface area contributed by atoms with Crippen molar-refractivity contribution in [1.29, 1.82) is 0 Å². The molecule has 0 bridgehead atoms. The van der Waals surface area contributed by atoms with E-state index in [1.54, 1.807) is 49.8 Å². The molecule has 57 heavy (non-hydrogen) atoms. The first-order chi connectivity index (χ1) is 27.9. The van der Waals surface area contributed by atoms with Gasteiger partial charge in [0.1, 0.15) is 0 Å². The highest BCUT2D eigenvalue weighted by atomic mass is 16.5. The number of benzene rings is 3. The minimum Gasteiger partial charge on any atom is -0.493 e. The van der Waals surface area contributed by atoms with Crippen molar-refractivity contribution < 1.29 is 42.7 Å². The second kappa shape index (κ2) is 22.6. The van der Waals surface area contributed by atoms with Gasteiger partial charge in [0.2, 0.25) is 5.75 Å². The van der Waals surface area contributed by atoms with E-state index in [-0.39, 0.29) is 12.0 Å². The van der Waals surface area contributed by atoms with Crippen molar-refractivity contribution in [2.45, 2.75) is 96.1 Å². The van der Waals surface area contributed by atoms with E-state index in [4.69, 9.17) is 37.9 Å². The van der Waals surface area contributed by atoms with E-state index < -0.39 is 0 Å². The van der Waals surface area contributed by atoms with Crippen LogP contribution in [-0.2, 0) is 35.3 Å². The Hall–Kier alpha value is -4.35. The summed E-state index contributed by atoms with van der Waals surface area (Å²) in [5.41, 5.74) is 6.16. The number of esters is 1. The standard InChI is InChI=1S/C46H66N2O9/c1-50-39-18-17-33(28-40(39)51-2)27-38-36-31-42(53-4)41(52-3)29-34(36)20-25-48(38)22-15-13-11-9-8-10-12-14-16-26-57-44(49)21-24-47-23-19-35-30-43(54-5)46(56-7)45(55-6)37(35)32-47/h17-18,28-31,38H,8-16,19-27,32H2,1-7H3/t38-/m1/s1. The van der Waals surface area contributed by atoms with Crippen molar-refractivity contribution in [1.82, 2.24) is 9.80 Å². The second-order valence-corrected chi connectivity index (χ2v) is 15.1. The van der Waals surface area contributed by atoms with E-state index in [0.29, 0.717) is 43.4 Å². The van der Waals surface area contributed by atoms with Crippen molar-refractivity contribution in [2.24, 2.45) is 0 Å². The highest BCUT2D eigenvalue weighted by Gasteiger charge is 2.30. The molecule has 0 spiro atoms. The molecule has 0 fully saturated rings. The Balaban J connectivity index is 0.961. The molecule has 11 heteroatoms. The Kier molecular flexibility index (Phi) is 17.3. The zero-order valence-corrected chi connectivity index (χ0v) is 35.5. The summed E-state index contributed by atoms with van der Waals surface area (Å²) in [5, 5.41) is 0. The summed E-state index contributed by atoms with van der Waals surface area (Å²) >= 11 is 0. The van der Waals surface area contributed by atoms with E-state index >= 15 is 0 Å². The molecule has 2 heterocycles. The minimum absolute atomic E-state index is 0.124. The molecule has 0 unspecified atom stereocenters. The summed E-state index contributed by atoms with van der Waals surface area (Å²) in [4.78, 5) is 17.4. The average molecular weight is 791 g/mol. The first-order valence-corrected chi connectivity index (χ1v) is 20.8. The topological polar surface area (TPSA) is 97.4 Å². The predicted octanol–water partition coefficient (Wildman–Crippen LogP) is 8.39. The second-order valence-electron chi connectivity index (χ2n) is 15.1. The third-order valence-corrected chi connectivity index (χ3v) is 11.6. The number of unbranched alkanes of at least 4 members (excludes halogenated alkanes) is 8. The zero-order valence-electron chi connectivity index (χ0n) is 35.5. The maximum Gasteiger partial charge on any atom is 0.307 e. The van der Waals surface area contributed by atoms with Gasteiger partial charge < -0.3 is 37.9 Å². The van der Waals surface area contributed by atoms with Crippen molar-refractivity contribution in [2.75, 3.05) is 82.6 Å². The molecule has 0 saturated heterocycles. The smallest absolute Gasteiger partial charge is 0.307 e. The fourth-order valence-corrected chi connectivity index (χ4v) is 8.41. The summed E-state index contributed by atoms with van der Waals surface area (Å²) in [6.07, 6.45) is 13.7. The lowest BCUT2D eigenvalue weighted by Gasteiger charge is -2.38. The number of methoxy groups -OCH3 is 7. The van der Waals surface area contributed by atoms with E-state index in [2.05, 4.69) is 34.1 Å². The van der Waals surface area contributed by atoms with Crippen LogP contribution in [0.5, 0.6) is 40.2 Å². The van der Waals surface area contributed by atoms with Gasteiger partial charge in [0, 0.05) is 37.8 Å². The van der Waals surface area contributed by atoms with Crippen molar-refractivity contribution in [3.8, 4) is 40.2 Å². The number of rotatable bonds is 24. The van der Waals surface area contributed by atoms with Gasteiger partial charge in [-0.15, -0.1) is 0 Å². The average Bonchev–Trinajstić information content (AvgIpc) is 3.24. The molecule has 0 aliphatic carbocycles. The lowest BCUT2D eigenvalue weighted by molar-refractivity contribution is -0.144. The number of nitrogens with zero attached hydrogens (tertiary/aromatic N) is 2. The maximum absolute atomic E-state index is 12.5. The molecule has 3 aromatic carbocycles. The van der Waals surface area contributed by atoms with Crippen LogP contribution >= 0.6 is 0 Å². The summed E-state index contributed by atoms with van der Waals surface area (Å²) < 4.78 is 44.9. The minimum atomic E-state index is -0.124. The van der Waals surface area contributed by atoms with Crippen molar-refractivity contribution in [3.05, 3.63) is 64.2 Å². The molecule has 0 N–H and O–H groups in total. The highest BCUT2D eigenvalue weighted by molar-refractivity contribution is 5.69. The fraction of sp³-hybridized carbons (Fsp3) is 0.587. The van der Waals surface area contributed by atoms with Gasteiger partial charge in [0.25, 0.3) is 0 Å². The molecule has 0 aromatic heterocycles. The van der Waals surface area contributed by atoms with E-state index in [0.717, 1.165) is 80.3 Å². The molecule has 3 aromatic rings. The largest absolute Gasteiger partial charge is 0.493 e. The van der Waals surface area contributed by atoms with Gasteiger partial charge in [-0.25, -0.2) is 0 Å². The number of fused-ring (bicyclic) bond motifs is 2. The first kappa shape index (κ1) is 43.8. The van der Waals surface area contributed by atoms with Crippen LogP contribution in [0.25, 0.3) is 0 Å². The van der Waals surface area contributed by atoms with Gasteiger partial charge in [0.05, 0.1) is 62.8 Å². The monoisotopic (exact) mass is 790 g/mol. The molecule has 5 rings (SSSR count). The fourth-order valence-electron chi connectivity index (χ4n) is 8.41. The molecule has 314 valence electrons. The third kappa shape index (κ3) is 11.6. The van der Waals surface area contributed by atoms with Gasteiger partial charge in [-0.3, -0.25) is 14.6 Å². The van der Waals surface area contributed by atoms with Crippen LogP contribution < -0.4 is 33.2 Å². The molecule has 2 aliphatic rings. The highest BCUT2D eigenvalue weighted by Crippen LogP contribution is 2.44. The van der Waals surface area contributed by atoms with Crippen LogP contribution in [-0.4, -0.2) is 98.3 Å². The summed E-state index contributed by atoms with van der Waals surface area (Å²) in [5.74, 6) is 4.94. The van der Waals surface area contributed by atoms with Crippen LogP contribution in [0.15, 0.2) is 36.4 Å². The maximum atomic E-state index is 12.5. The quantitative estimate of drug-likeness (QED) is 0.0647. The van der Waals surface area contributed by atoms with Gasteiger partial charge in [-0.1, -0.05) is 51.0 Å². The Morgan fingerprint density at radius 1 is 0.596 bits per heavy atom. The Morgan fingerprint density at radius 2 is 1.19 bits per heavy atom. The van der Waals surface area contributed by atoms with Gasteiger partial charge >= 0.3 is 5.97 Å². The third-order valence-electron chi connectivity index (χ3n) is 11.6. The predicted molar refractivity (Wildman–Crippen MR) is 223 cm³/mol. The molecular weight excluding hydrogens is 725 g/mol. The lowest BCUT2D eigenvalue weighted by Crippen LogP contribution is -2.37. The molecule has 0 radical (unpaired) electrons. The van der Waals surface area contributed by atoms with Gasteiger partial charge in [-0.2, -0.15) is 0 Å². The van der Waals surface area contributed by atoms with E-state index in [1.807, 2.05) is 12.1 Å². The lowest BCUT2D eigenvalue weighted by atomic mass is 9.87. The van der Waals surface area contributed by atoms with E-state index in [9.17, 15) is 4.79 Å². The van der Waals surface area contributed by atoms with Gasteiger partial charge in [0.15, 0.2) is 34.5 Å². The normalized spacial score (nSPS) is 15.3. The number of carbonyl (C=O) groups excluding carboxylic acids is 1. The molecular formula is C46H66N2O9. The van der Waals surface area contributed by atoms with Crippen LogP contribution in [0.3, 0.4) is 0 Å². The molecule has 2 aliphatic heterocycles. The Morgan fingerprint density at radius 3 is 1.86 bits per heavy atom. The summed E-state index contributed by atoms with van der Waals surface area (Å²) in [7, 11) is 11.7. The molecule has 11 nitrogen and oxygen atoms in total. The summed E-state index contributed by atoms with van der Waals surface area (Å²) in [6.45, 7) is 4.82. The van der Waals surface area contributed by atoms with E-state index in [1.165, 1.54) is 67.2 Å². The van der Waals surface area contributed by atoms with Crippen LogP contribution in [0, 0.1) is 0 Å². The first-order valence-electron chi connectivity index (χ1n) is 20.8.